The molecule has 1 amide bonds. The highest BCUT2D eigenvalue weighted by atomic mass is 16.5. The molecule has 0 radical (unpaired) electrons. The smallest absolute Gasteiger partial charge is 0.250 e. The molecule has 1 heterocycles. The number of carbonyl (C=O) groups is 1. The number of aromatic nitrogens is 1. The Morgan fingerprint density at radius 3 is 2.63 bits per heavy atom. The third-order valence-corrected chi connectivity index (χ3v) is 2.37. The van der Waals surface area contributed by atoms with Gasteiger partial charge in [-0.3, -0.25) is 9.59 Å². The van der Waals surface area contributed by atoms with Gasteiger partial charge < -0.3 is 14.6 Å². The van der Waals surface area contributed by atoms with Gasteiger partial charge in [0.15, 0.2) is 0 Å². The molecule has 1 aromatic heterocycles. The summed E-state index contributed by atoms with van der Waals surface area (Å²) in [5, 5.41) is 2.72. The summed E-state index contributed by atoms with van der Waals surface area (Å²) < 4.78 is 6.97. The van der Waals surface area contributed by atoms with Crippen LogP contribution in [0.3, 0.4) is 0 Å². The Hall–Kier alpha value is -1.62. The molecule has 0 unspecified atom stereocenters. The molecular formula is C14H22N2O3. The minimum Gasteiger partial charge on any atom is -0.366 e. The Morgan fingerprint density at radius 1 is 1.37 bits per heavy atom. The van der Waals surface area contributed by atoms with Crippen molar-refractivity contribution in [2.45, 2.75) is 46.3 Å². The van der Waals surface area contributed by atoms with Gasteiger partial charge in [-0.05, 0) is 33.3 Å². The number of hydrogen-bond acceptors (Lipinski definition) is 3. The second kappa shape index (κ2) is 6.52. The van der Waals surface area contributed by atoms with Gasteiger partial charge in [0.2, 0.25) is 5.91 Å². The predicted octanol–water partition coefficient (Wildman–Crippen LogP) is 2.01. The number of rotatable bonds is 5. The number of ether oxygens (including phenoxy) is 1. The van der Waals surface area contributed by atoms with Crippen molar-refractivity contribution in [2.24, 2.45) is 0 Å². The highest BCUT2D eigenvalue weighted by molar-refractivity contribution is 5.91. The number of nitrogens with zero attached hydrogens (tertiary/aromatic N) is 1. The molecule has 5 heteroatoms. The van der Waals surface area contributed by atoms with Gasteiger partial charge in [-0.2, -0.15) is 0 Å². The molecule has 0 saturated heterocycles. The Kier molecular flexibility index (Phi) is 5.30. The van der Waals surface area contributed by atoms with Crippen LogP contribution in [0.25, 0.3) is 0 Å². The molecule has 0 saturated carbocycles. The molecule has 0 aliphatic heterocycles. The summed E-state index contributed by atoms with van der Waals surface area (Å²) >= 11 is 0. The highest BCUT2D eigenvalue weighted by Gasteiger charge is 2.13. The maximum Gasteiger partial charge on any atom is 0.250 e. The van der Waals surface area contributed by atoms with Crippen LogP contribution in [-0.4, -0.2) is 22.7 Å². The number of nitrogens with one attached hydrogen (secondary N) is 1. The average Bonchev–Trinajstić information content (AvgIpc) is 2.30. The summed E-state index contributed by atoms with van der Waals surface area (Å²) in [7, 11) is 0. The maximum absolute atomic E-state index is 11.7. The molecule has 0 aliphatic rings. The van der Waals surface area contributed by atoms with Crippen molar-refractivity contribution in [3.8, 4) is 0 Å². The molecule has 0 atom stereocenters. The number of hydrogen-bond donors (Lipinski definition) is 1. The molecule has 0 fully saturated rings. The van der Waals surface area contributed by atoms with Gasteiger partial charge in [0.1, 0.15) is 6.61 Å². The number of pyridine rings is 1. The third-order valence-electron chi connectivity index (χ3n) is 2.37. The summed E-state index contributed by atoms with van der Waals surface area (Å²) in [6, 6.07) is 3.05. The SMILES string of the molecule is CCCn1cc(NC(=O)COC(C)(C)C)ccc1=O. The Bertz CT molecular complexity index is 486. The zero-order valence-electron chi connectivity index (χ0n) is 12.0. The van der Waals surface area contributed by atoms with Crippen LogP contribution in [0.4, 0.5) is 5.69 Å². The Labute approximate surface area is 113 Å². The number of carbonyl (C=O) groups excluding carboxylic acids is 1. The molecule has 1 aromatic rings. The lowest BCUT2D eigenvalue weighted by molar-refractivity contribution is -0.125. The van der Waals surface area contributed by atoms with E-state index in [1.54, 1.807) is 16.8 Å². The van der Waals surface area contributed by atoms with Crippen molar-refractivity contribution in [3.63, 3.8) is 0 Å². The summed E-state index contributed by atoms with van der Waals surface area (Å²) in [5.74, 6) is -0.225. The van der Waals surface area contributed by atoms with Gasteiger partial charge >= 0.3 is 0 Å². The summed E-state index contributed by atoms with van der Waals surface area (Å²) in [4.78, 5) is 23.2. The van der Waals surface area contributed by atoms with Crippen LogP contribution < -0.4 is 10.9 Å². The van der Waals surface area contributed by atoms with Crippen LogP contribution in [-0.2, 0) is 16.1 Å². The van der Waals surface area contributed by atoms with Gasteiger partial charge in [0, 0.05) is 18.8 Å². The topological polar surface area (TPSA) is 60.3 Å². The molecule has 5 nitrogen and oxygen atoms in total. The van der Waals surface area contributed by atoms with Gasteiger partial charge in [0.05, 0.1) is 11.3 Å². The van der Waals surface area contributed by atoms with E-state index in [2.05, 4.69) is 5.32 Å². The minimum absolute atomic E-state index is 0.00357. The first kappa shape index (κ1) is 15.4. The molecule has 1 rings (SSSR count). The molecular weight excluding hydrogens is 244 g/mol. The van der Waals surface area contributed by atoms with E-state index in [-0.39, 0.29) is 23.7 Å². The van der Waals surface area contributed by atoms with Crippen molar-refractivity contribution >= 4 is 11.6 Å². The van der Waals surface area contributed by atoms with E-state index >= 15 is 0 Å². The van der Waals surface area contributed by atoms with E-state index in [4.69, 9.17) is 4.74 Å². The average molecular weight is 266 g/mol. The molecule has 0 aliphatic carbocycles. The largest absolute Gasteiger partial charge is 0.366 e. The molecule has 106 valence electrons. The number of amides is 1. The molecule has 0 spiro atoms. The van der Waals surface area contributed by atoms with Gasteiger partial charge in [-0.1, -0.05) is 6.92 Å². The van der Waals surface area contributed by atoms with Gasteiger partial charge in [-0.15, -0.1) is 0 Å². The fourth-order valence-corrected chi connectivity index (χ4v) is 1.50. The van der Waals surface area contributed by atoms with Crippen LogP contribution in [0.5, 0.6) is 0 Å². The van der Waals surface area contributed by atoms with Crippen LogP contribution in [0.15, 0.2) is 23.1 Å². The van der Waals surface area contributed by atoms with E-state index < -0.39 is 0 Å². The standard InChI is InChI=1S/C14H22N2O3/c1-5-8-16-9-11(6-7-13(16)18)15-12(17)10-19-14(2,3)4/h6-7,9H,5,8,10H2,1-4H3,(H,15,17). The summed E-state index contributed by atoms with van der Waals surface area (Å²) in [6.45, 7) is 8.30. The lowest BCUT2D eigenvalue weighted by Crippen LogP contribution is -2.27. The van der Waals surface area contributed by atoms with Crippen molar-refractivity contribution in [3.05, 3.63) is 28.7 Å². The first-order valence-corrected chi connectivity index (χ1v) is 6.46. The zero-order valence-corrected chi connectivity index (χ0v) is 12.0. The van der Waals surface area contributed by atoms with Crippen molar-refractivity contribution in [2.75, 3.05) is 11.9 Å². The normalized spacial score (nSPS) is 11.4. The van der Waals surface area contributed by atoms with Crippen molar-refractivity contribution < 1.29 is 9.53 Å². The zero-order chi connectivity index (χ0) is 14.5. The van der Waals surface area contributed by atoms with Crippen molar-refractivity contribution in [1.82, 2.24) is 4.57 Å². The van der Waals surface area contributed by atoms with E-state index in [0.717, 1.165) is 6.42 Å². The second-order valence-electron chi connectivity index (χ2n) is 5.40. The van der Waals surface area contributed by atoms with E-state index in [1.165, 1.54) is 6.07 Å². The van der Waals surface area contributed by atoms with Gasteiger partial charge in [-0.25, -0.2) is 0 Å². The second-order valence-corrected chi connectivity index (χ2v) is 5.40. The lowest BCUT2D eigenvalue weighted by Gasteiger charge is -2.19. The highest BCUT2D eigenvalue weighted by Crippen LogP contribution is 2.08. The lowest BCUT2D eigenvalue weighted by atomic mass is 10.2. The van der Waals surface area contributed by atoms with Crippen LogP contribution >= 0.6 is 0 Å². The quantitative estimate of drug-likeness (QED) is 0.887. The summed E-state index contributed by atoms with van der Waals surface area (Å²) in [5.41, 5.74) is 0.194. The third kappa shape index (κ3) is 5.70. The van der Waals surface area contributed by atoms with Crippen LogP contribution in [0.1, 0.15) is 34.1 Å². The monoisotopic (exact) mass is 266 g/mol. The first-order valence-electron chi connectivity index (χ1n) is 6.46. The van der Waals surface area contributed by atoms with E-state index in [0.29, 0.717) is 12.2 Å². The van der Waals surface area contributed by atoms with Crippen molar-refractivity contribution in [1.29, 1.82) is 0 Å². The Balaban J connectivity index is 2.64. The number of aryl methyl sites for hydroxylation is 1. The van der Waals surface area contributed by atoms with Gasteiger partial charge in [0.25, 0.3) is 5.56 Å². The fourth-order valence-electron chi connectivity index (χ4n) is 1.50. The fraction of sp³-hybridized carbons (Fsp3) is 0.571. The maximum atomic E-state index is 11.7. The first-order chi connectivity index (χ1) is 8.81. The summed E-state index contributed by atoms with van der Waals surface area (Å²) in [6.07, 6.45) is 2.52. The molecule has 1 N–H and O–H groups in total. The molecule has 0 bridgehead atoms. The molecule has 19 heavy (non-hydrogen) atoms. The van der Waals surface area contributed by atoms with E-state index in [1.807, 2.05) is 27.7 Å². The molecule has 0 aromatic carbocycles. The Morgan fingerprint density at radius 2 is 2.05 bits per heavy atom. The minimum atomic E-state index is -0.349. The predicted molar refractivity (Wildman–Crippen MR) is 75.3 cm³/mol. The van der Waals surface area contributed by atoms with Crippen LogP contribution in [0.2, 0.25) is 0 Å². The van der Waals surface area contributed by atoms with E-state index in [9.17, 15) is 9.59 Å². The van der Waals surface area contributed by atoms with Crippen LogP contribution in [0, 0.1) is 0 Å². The number of anilines is 1.